The van der Waals surface area contributed by atoms with Gasteiger partial charge in [0.15, 0.2) is 9.84 Å². The summed E-state index contributed by atoms with van der Waals surface area (Å²) in [6.07, 6.45) is 1.12. The number of nitrogens with two attached hydrogens (primary N) is 1. The zero-order chi connectivity index (χ0) is 15.6. The molecular weight excluding hydrogens is 312 g/mol. The molecule has 0 saturated heterocycles. The van der Waals surface area contributed by atoms with Crippen LogP contribution in [0.3, 0.4) is 0 Å². The molecule has 5 nitrogen and oxygen atoms in total. The Hall–Kier alpha value is -2.05. The molecule has 0 aliphatic carbocycles. The van der Waals surface area contributed by atoms with Gasteiger partial charge in [0.2, 0.25) is 0 Å². The fraction of sp³-hybridized carbons (Fsp3) is 0.0714. The highest BCUT2D eigenvalue weighted by Gasteiger charge is 2.11. The first-order valence-corrected chi connectivity index (χ1v) is 8.16. The maximum Gasteiger partial charge on any atom is 0.175 e. The Kier molecular flexibility index (Phi) is 4.20. The van der Waals surface area contributed by atoms with Crippen LogP contribution in [0.25, 0.3) is 0 Å². The van der Waals surface area contributed by atoms with E-state index in [1.807, 2.05) is 0 Å². The van der Waals surface area contributed by atoms with Crippen molar-refractivity contribution in [1.29, 1.82) is 5.41 Å². The van der Waals surface area contributed by atoms with Gasteiger partial charge in [-0.3, -0.25) is 5.41 Å². The van der Waals surface area contributed by atoms with E-state index < -0.39 is 9.84 Å². The van der Waals surface area contributed by atoms with Crippen LogP contribution in [0.15, 0.2) is 47.4 Å². The predicted octanol–water partition coefficient (Wildman–Crippen LogP) is 2.82. The SMILES string of the molecule is CS(=O)(=O)c1cccc(Oc2cc(Cl)ccc2C(=N)N)c1. The number of rotatable bonds is 4. The van der Waals surface area contributed by atoms with Gasteiger partial charge in [0.05, 0.1) is 10.5 Å². The molecule has 0 atom stereocenters. The molecule has 0 spiro atoms. The molecule has 110 valence electrons. The minimum absolute atomic E-state index is 0.145. The maximum atomic E-state index is 11.5. The van der Waals surface area contributed by atoms with Gasteiger partial charge >= 0.3 is 0 Å². The monoisotopic (exact) mass is 324 g/mol. The van der Waals surface area contributed by atoms with Crippen LogP contribution >= 0.6 is 11.6 Å². The maximum absolute atomic E-state index is 11.5. The third kappa shape index (κ3) is 3.74. The number of nitrogen functional groups attached to an aromatic ring is 1. The van der Waals surface area contributed by atoms with Gasteiger partial charge in [-0.1, -0.05) is 17.7 Å². The van der Waals surface area contributed by atoms with Crippen molar-refractivity contribution in [2.24, 2.45) is 5.73 Å². The van der Waals surface area contributed by atoms with E-state index in [0.29, 0.717) is 22.1 Å². The summed E-state index contributed by atoms with van der Waals surface area (Å²) in [6.45, 7) is 0. The van der Waals surface area contributed by atoms with Crippen LogP contribution < -0.4 is 10.5 Å². The molecule has 3 N–H and O–H groups in total. The number of amidine groups is 1. The summed E-state index contributed by atoms with van der Waals surface area (Å²) in [5.41, 5.74) is 5.86. The van der Waals surface area contributed by atoms with Crippen molar-refractivity contribution in [3.05, 3.63) is 53.1 Å². The number of hydrogen-bond acceptors (Lipinski definition) is 4. The second-order valence-electron chi connectivity index (χ2n) is 4.40. The Morgan fingerprint density at radius 1 is 1.24 bits per heavy atom. The van der Waals surface area contributed by atoms with Crippen LogP contribution in [-0.4, -0.2) is 20.5 Å². The van der Waals surface area contributed by atoms with Crippen molar-refractivity contribution in [3.8, 4) is 11.5 Å². The minimum Gasteiger partial charge on any atom is -0.457 e. The number of sulfone groups is 1. The van der Waals surface area contributed by atoms with Crippen molar-refractivity contribution < 1.29 is 13.2 Å². The zero-order valence-corrected chi connectivity index (χ0v) is 12.7. The molecule has 0 fully saturated rings. The molecule has 0 radical (unpaired) electrons. The molecule has 0 bridgehead atoms. The molecule has 2 aromatic carbocycles. The second kappa shape index (κ2) is 5.75. The summed E-state index contributed by atoms with van der Waals surface area (Å²) in [7, 11) is -3.33. The molecule has 0 saturated carbocycles. The molecular formula is C14H13ClN2O3S. The van der Waals surface area contributed by atoms with E-state index in [9.17, 15) is 8.42 Å². The topological polar surface area (TPSA) is 93.2 Å². The highest BCUT2D eigenvalue weighted by molar-refractivity contribution is 7.90. The first-order chi connectivity index (χ1) is 9.77. The number of benzene rings is 2. The van der Waals surface area contributed by atoms with Crippen LogP contribution in [0.2, 0.25) is 5.02 Å². The van der Waals surface area contributed by atoms with Crippen LogP contribution in [0.1, 0.15) is 5.56 Å². The Morgan fingerprint density at radius 3 is 2.57 bits per heavy atom. The van der Waals surface area contributed by atoms with Gasteiger partial charge in [-0.05, 0) is 30.3 Å². The molecule has 0 aromatic heterocycles. The summed E-state index contributed by atoms with van der Waals surface area (Å²) in [5, 5.41) is 7.94. The van der Waals surface area contributed by atoms with E-state index in [0.717, 1.165) is 6.26 Å². The lowest BCUT2D eigenvalue weighted by Crippen LogP contribution is -2.12. The van der Waals surface area contributed by atoms with E-state index in [1.54, 1.807) is 24.3 Å². The highest BCUT2D eigenvalue weighted by Crippen LogP contribution is 2.29. The number of ether oxygens (including phenoxy) is 1. The third-order valence-corrected chi connectivity index (χ3v) is 4.04. The van der Waals surface area contributed by atoms with E-state index in [1.165, 1.54) is 18.2 Å². The summed E-state index contributed by atoms with van der Waals surface area (Å²) in [4.78, 5) is 0.145. The van der Waals surface area contributed by atoms with Crippen molar-refractivity contribution in [2.75, 3.05) is 6.26 Å². The largest absolute Gasteiger partial charge is 0.457 e. The van der Waals surface area contributed by atoms with Gasteiger partial charge in [-0.15, -0.1) is 0 Å². The Morgan fingerprint density at radius 2 is 1.95 bits per heavy atom. The molecule has 0 aliphatic rings. The van der Waals surface area contributed by atoms with Gasteiger partial charge in [0.1, 0.15) is 17.3 Å². The van der Waals surface area contributed by atoms with E-state index in [4.69, 9.17) is 27.5 Å². The summed E-state index contributed by atoms with van der Waals surface area (Å²) >= 11 is 5.90. The average molecular weight is 325 g/mol. The fourth-order valence-electron chi connectivity index (χ4n) is 1.70. The first kappa shape index (κ1) is 15.3. The molecule has 0 amide bonds. The van der Waals surface area contributed by atoms with E-state index in [2.05, 4.69) is 0 Å². The van der Waals surface area contributed by atoms with Gasteiger partial charge in [0, 0.05) is 17.3 Å². The third-order valence-electron chi connectivity index (χ3n) is 2.70. The molecule has 2 rings (SSSR count). The molecule has 0 unspecified atom stereocenters. The van der Waals surface area contributed by atoms with Crippen LogP contribution in [-0.2, 0) is 9.84 Å². The summed E-state index contributed by atoms with van der Waals surface area (Å²) in [5.74, 6) is 0.448. The van der Waals surface area contributed by atoms with Crippen LogP contribution in [0.4, 0.5) is 0 Å². The van der Waals surface area contributed by atoms with Gasteiger partial charge in [-0.2, -0.15) is 0 Å². The quantitative estimate of drug-likeness (QED) is 0.668. The average Bonchev–Trinajstić information content (AvgIpc) is 2.37. The standard InChI is InChI=1S/C14H13ClN2O3S/c1-21(18,19)11-4-2-3-10(8-11)20-13-7-9(15)5-6-12(13)14(16)17/h2-8H,1H3,(H3,16,17). The Bertz CT molecular complexity index is 804. The van der Waals surface area contributed by atoms with Crippen molar-refractivity contribution >= 4 is 27.3 Å². The van der Waals surface area contributed by atoms with Crippen LogP contribution in [0.5, 0.6) is 11.5 Å². The normalized spacial score (nSPS) is 11.1. The van der Waals surface area contributed by atoms with E-state index >= 15 is 0 Å². The van der Waals surface area contributed by atoms with Gasteiger partial charge in [0.25, 0.3) is 0 Å². The Balaban J connectivity index is 2.43. The van der Waals surface area contributed by atoms with Crippen molar-refractivity contribution in [3.63, 3.8) is 0 Å². The number of hydrogen-bond donors (Lipinski definition) is 2. The lowest BCUT2D eigenvalue weighted by atomic mass is 10.2. The highest BCUT2D eigenvalue weighted by atomic mass is 35.5. The fourth-order valence-corrected chi connectivity index (χ4v) is 2.52. The first-order valence-electron chi connectivity index (χ1n) is 5.89. The summed E-state index contributed by atoms with van der Waals surface area (Å²) in [6, 6.07) is 10.7. The minimum atomic E-state index is -3.33. The predicted molar refractivity (Wildman–Crippen MR) is 82.1 cm³/mol. The Labute approximate surface area is 127 Å². The molecule has 7 heteroatoms. The lowest BCUT2D eigenvalue weighted by Gasteiger charge is -2.11. The molecule has 0 aliphatic heterocycles. The lowest BCUT2D eigenvalue weighted by molar-refractivity contribution is 0.479. The van der Waals surface area contributed by atoms with Crippen molar-refractivity contribution in [1.82, 2.24) is 0 Å². The smallest absolute Gasteiger partial charge is 0.175 e. The zero-order valence-electron chi connectivity index (χ0n) is 11.1. The number of halogens is 1. The molecule has 0 heterocycles. The van der Waals surface area contributed by atoms with Gasteiger partial charge in [-0.25, -0.2) is 8.42 Å². The van der Waals surface area contributed by atoms with Gasteiger partial charge < -0.3 is 10.5 Å². The number of nitrogens with one attached hydrogen (secondary N) is 1. The molecule has 21 heavy (non-hydrogen) atoms. The second-order valence-corrected chi connectivity index (χ2v) is 6.86. The summed E-state index contributed by atoms with van der Waals surface area (Å²) < 4.78 is 28.7. The van der Waals surface area contributed by atoms with Crippen LogP contribution in [0, 0.1) is 5.41 Å². The van der Waals surface area contributed by atoms with E-state index in [-0.39, 0.29) is 10.7 Å². The molecule has 2 aromatic rings. The van der Waals surface area contributed by atoms with Crippen molar-refractivity contribution in [2.45, 2.75) is 4.90 Å².